The van der Waals surface area contributed by atoms with Crippen LogP contribution in [-0.4, -0.2) is 0 Å². The zero-order valence-corrected chi connectivity index (χ0v) is 18.5. The van der Waals surface area contributed by atoms with Crippen molar-refractivity contribution < 1.29 is 13.2 Å². The third-order valence-electron chi connectivity index (χ3n) is 6.82. The van der Waals surface area contributed by atoms with Gasteiger partial charge in [0.05, 0.1) is 5.39 Å². The fourth-order valence-electron chi connectivity index (χ4n) is 4.86. The van der Waals surface area contributed by atoms with Gasteiger partial charge < -0.3 is 0 Å². The minimum Gasteiger partial charge on any atom is -0.206 e. The van der Waals surface area contributed by atoms with Crippen LogP contribution in [0, 0.1) is 23.4 Å². The lowest BCUT2D eigenvalue weighted by atomic mass is 9.78. The van der Waals surface area contributed by atoms with Gasteiger partial charge in [0.15, 0.2) is 11.6 Å². The Morgan fingerprint density at radius 1 is 0.906 bits per heavy atom. The van der Waals surface area contributed by atoms with Gasteiger partial charge in [-0.3, -0.25) is 0 Å². The molecule has 0 unspecified atom stereocenters. The summed E-state index contributed by atoms with van der Waals surface area (Å²) in [4.78, 5) is 0. The highest BCUT2D eigenvalue weighted by molar-refractivity contribution is 5.89. The Morgan fingerprint density at radius 3 is 2.28 bits per heavy atom. The summed E-state index contributed by atoms with van der Waals surface area (Å²) in [6.45, 7) is 5.79. The molecule has 166 valence electrons. The molecule has 32 heavy (non-hydrogen) atoms. The molecule has 4 rings (SSSR count). The van der Waals surface area contributed by atoms with Gasteiger partial charge in [-0.05, 0) is 85.4 Å². The molecule has 3 aromatic carbocycles. The monoisotopic (exact) mass is 434 g/mol. The van der Waals surface area contributed by atoms with Gasteiger partial charge in [-0.2, -0.15) is 0 Å². The molecule has 0 heterocycles. The maximum atomic E-state index is 15.0. The Balaban J connectivity index is 1.64. The highest BCUT2D eigenvalue weighted by Gasteiger charge is 2.22. The van der Waals surface area contributed by atoms with Crippen LogP contribution in [0.4, 0.5) is 13.2 Å². The molecule has 0 nitrogen and oxygen atoms in total. The SMILES string of the molecule is C=CC1CCC(c2ccc(-c3cc4ccc(CC/C=C/C)c(F)c4c(F)c3F)cc2)CC1. The standard InChI is InChI=1S/C29H29F3/c1-3-5-6-7-23-16-17-24-18-25(28(31)29(32)26(24)27(23)30)22-14-12-21(13-15-22)20-10-8-19(4-2)9-11-20/h3-5,12-20H,2,6-11H2,1H3/b5-3+. The molecule has 0 N–H and O–H groups in total. The third kappa shape index (κ3) is 4.39. The Kier molecular flexibility index (Phi) is 6.83. The van der Waals surface area contributed by atoms with Crippen LogP contribution in [0.25, 0.3) is 21.9 Å². The summed E-state index contributed by atoms with van der Waals surface area (Å²) in [7, 11) is 0. The molecular weight excluding hydrogens is 405 g/mol. The molecule has 0 radical (unpaired) electrons. The smallest absolute Gasteiger partial charge is 0.170 e. The van der Waals surface area contributed by atoms with Crippen molar-refractivity contribution >= 4 is 10.8 Å². The summed E-state index contributed by atoms with van der Waals surface area (Å²) in [6.07, 6.45) is 11.5. The lowest BCUT2D eigenvalue weighted by Crippen LogP contribution is -2.11. The number of aryl methyl sites for hydroxylation is 1. The number of hydrogen-bond donors (Lipinski definition) is 0. The molecule has 0 atom stereocenters. The average molecular weight is 435 g/mol. The maximum absolute atomic E-state index is 15.0. The van der Waals surface area contributed by atoms with Crippen molar-refractivity contribution in [2.24, 2.45) is 5.92 Å². The summed E-state index contributed by atoms with van der Waals surface area (Å²) in [5, 5.41) is 0.109. The predicted octanol–water partition coefficient (Wildman–Crippen LogP) is 8.89. The van der Waals surface area contributed by atoms with Gasteiger partial charge in [0.2, 0.25) is 0 Å². The van der Waals surface area contributed by atoms with Crippen LogP contribution in [0.15, 0.2) is 67.3 Å². The highest BCUT2D eigenvalue weighted by Crippen LogP contribution is 2.38. The minimum atomic E-state index is -1.12. The van der Waals surface area contributed by atoms with E-state index < -0.39 is 17.5 Å². The second-order valence-corrected chi connectivity index (χ2v) is 8.77. The summed E-state index contributed by atoms with van der Waals surface area (Å²) in [5.41, 5.74) is 2.40. The van der Waals surface area contributed by atoms with E-state index in [9.17, 15) is 8.78 Å². The molecule has 1 fully saturated rings. The van der Waals surface area contributed by atoms with Crippen LogP contribution in [0.1, 0.15) is 56.1 Å². The molecule has 1 aliphatic rings. The first-order valence-electron chi connectivity index (χ1n) is 11.5. The van der Waals surface area contributed by atoms with Gasteiger partial charge in [0, 0.05) is 5.56 Å². The molecule has 0 aromatic heterocycles. The average Bonchev–Trinajstić information content (AvgIpc) is 2.83. The number of fused-ring (bicyclic) bond motifs is 1. The van der Waals surface area contributed by atoms with Gasteiger partial charge in [-0.1, -0.05) is 54.6 Å². The van der Waals surface area contributed by atoms with Crippen molar-refractivity contribution in [3.63, 3.8) is 0 Å². The first-order chi connectivity index (χ1) is 15.5. The van der Waals surface area contributed by atoms with Crippen molar-refractivity contribution in [3.05, 3.63) is 95.9 Å². The van der Waals surface area contributed by atoms with Crippen molar-refractivity contribution in [1.82, 2.24) is 0 Å². The van der Waals surface area contributed by atoms with E-state index in [-0.39, 0.29) is 10.9 Å². The van der Waals surface area contributed by atoms with Crippen LogP contribution in [0.5, 0.6) is 0 Å². The van der Waals surface area contributed by atoms with E-state index in [1.165, 1.54) is 5.56 Å². The van der Waals surface area contributed by atoms with E-state index in [1.807, 2.05) is 49.4 Å². The highest BCUT2D eigenvalue weighted by atomic mass is 19.2. The van der Waals surface area contributed by atoms with Crippen molar-refractivity contribution in [2.75, 3.05) is 0 Å². The summed E-state index contributed by atoms with van der Waals surface area (Å²) in [6, 6.07) is 12.6. The third-order valence-corrected chi connectivity index (χ3v) is 6.82. The van der Waals surface area contributed by atoms with Gasteiger partial charge in [0.1, 0.15) is 5.82 Å². The first kappa shape index (κ1) is 22.4. The second-order valence-electron chi connectivity index (χ2n) is 8.77. The summed E-state index contributed by atoms with van der Waals surface area (Å²) < 4.78 is 44.9. The molecule has 3 aromatic rings. The zero-order chi connectivity index (χ0) is 22.7. The van der Waals surface area contributed by atoms with Gasteiger partial charge >= 0.3 is 0 Å². The lowest BCUT2D eigenvalue weighted by Gasteiger charge is -2.27. The summed E-state index contributed by atoms with van der Waals surface area (Å²) >= 11 is 0. The van der Waals surface area contributed by atoms with Gasteiger partial charge in [0.25, 0.3) is 0 Å². The molecular formula is C29H29F3. The van der Waals surface area contributed by atoms with E-state index in [0.29, 0.717) is 41.2 Å². The topological polar surface area (TPSA) is 0 Å². The molecule has 0 amide bonds. The van der Waals surface area contributed by atoms with Gasteiger partial charge in [-0.15, -0.1) is 6.58 Å². The molecule has 1 aliphatic carbocycles. The van der Waals surface area contributed by atoms with Crippen molar-refractivity contribution in [1.29, 1.82) is 0 Å². The largest absolute Gasteiger partial charge is 0.206 e. The number of hydrogen-bond acceptors (Lipinski definition) is 0. The Bertz CT molecular complexity index is 1130. The maximum Gasteiger partial charge on any atom is 0.170 e. The lowest BCUT2D eigenvalue weighted by molar-refractivity contribution is 0.376. The van der Waals surface area contributed by atoms with E-state index >= 15 is 4.39 Å². The van der Waals surface area contributed by atoms with Crippen molar-refractivity contribution in [2.45, 2.75) is 51.4 Å². The van der Waals surface area contributed by atoms with Gasteiger partial charge in [-0.25, -0.2) is 13.2 Å². The fourth-order valence-corrected chi connectivity index (χ4v) is 4.86. The molecule has 1 saturated carbocycles. The van der Waals surface area contributed by atoms with E-state index in [1.54, 1.807) is 18.2 Å². The van der Waals surface area contributed by atoms with Crippen LogP contribution in [0.2, 0.25) is 0 Å². The molecule has 0 bridgehead atoms. The van der Waals surface area contributed by atoms with Crippen LogP contribution >= 0.6 is 0 Å². The zero-order valence-electron chi connectivity index (χ0n) is 18.5. The van der Waals surface area contributed by atoms with E-state index in [2.05, 4.69) is 6.58 Å². The normalized spacial score (nSPS) is 19.0. The number of halogens is 3. The molecule has 0 aliphatic heterocycles. The Hall–Kier alpha value is -2.81. The van der Waals surface area contributed by atoms with E-state index in [0.717, 1.165) is 25.7 Å². The second kappa shape index (κ2) is 9.77. The molecule has 3 heteroatoms. The molecule has 0 spiro atoms. The number of benzene rings is 3. The predicted molar refractivity (Wildman–Crippen MR) is 127 cm³/mol. The van der Waals surface area contributed by atoms with Crippen LogP contribution in [0.3, 0.4) is 0 Å². The quantitative estimate of drug-likeness (QED) is 0.340. The molecule has 0 saturated heterocycles. The Morgan fingerprint density at radius 2 is 1.62 bits per heavy atom. The fraction of sp³-hybridized carbons (Fsp3) is 0.310. The van der Waals surface area contributed by atoms with Crippen molar-refractivity contribution in [3.8, 4) is 11.1 Å². The number of rotatable bonds is 6. The minimum absolute atomic E-state index is 0.165. The number of allylic oxidation sites excluding steroid dienone is 3. The van der Waals surface area contributed by atoms with Crippen LogP contribution < -0.4 is 0 Å². The van der Waals surface area contributed by atoms with E-state index in [4.69, 9.17) is 0 Å². The Labute approximate surface area is 188 Å². The summed E-state index contributed by atoms with van der Waals surface area (Å²) in [5.74, 6) is -1.69. The van der Waals surface area contributed by atoms with Crippen LogP contribution in [-0.2, 0) is 6.42 Å². The first-order valence-corrected chi connectivity index (χ1v) is 11.5.